The van der Waals surface area contributed by atoms with Gasteiger partial charge in [0.2, 0.25) is 5.95 Å². The van der Waals surface area contributed by atoms with E-state index >= 15 is 4.39 Å². The minimum absolute atomic E-state index is 0.157. The average Bonchev–Trinajstić information content (AvgIpc) is 2.92. The lowest BCUT2D eigenvalue weighted by Crippen LogP contribution is -2.54. The van der Waals surface area contributed by atoms with Crippen molar-refractivity contribution in [3.05, 3.63) is 47.8 Å². The van der Waals surface area contributed by atoms with Gasteiger partial charge in [0.1, 0.15) is 17.4 Å². The van der Waals surface area contributed by atoms with Crippen LogP contribution in [0.1, 0.15) is 55.5 Å². The molecular formula is C26H36FN5O4. The van der Waals surface area contributed by atoms with Crippen LogP contribution in [0.2, 0.25) is 0 Å². The number of piperidine rings is 2. The van der Waals surface area contributed by atoms with E-state index in [1.165, 1.54) is 7.11 Å². The predicted octanol–water partition coefficient (Wildman–Crippen LogP) is 3.25. The summed E-state index contributed by atoms with van der Waals surface area (Å²) in [5.74, 6) is -0.216. The van der Waals surface area contributed by atoms with Crippen LogP contribution in [0.15, 0.2) is 36.7 Å². The van der Waals surface area contributed by atoms with E-state index in [1.54, 1.807) is 41.6 Å². The number of nitrogens with zero attached hydrogens (tertiary/aromatic N) is 4. The second-order valence-corrected chi connectivity index (χ2v) is 8.79. The number of hydrogen-bond acceptors (Lipinski definition) is 8. The Balaban J connectivity index is 0.00000176. The lowest BCUT2D eigenvalue weighted by atomic mass is 9.90. The summed E-state index contributed by atoms with van der Waals surface area (Å²) in [6.45, 7) is 6.40. The molecule has 2 aliphatic heterocycles. The van der Waals surface area contributed by atoms with Crippen molar-refractivity contribution in [3.63, 3.8) is 0 Å². The summed E-state index contributed by atoms with van der Waals surface area (Å²) in [4.78, 5) is 36.6. The Labute approximate surface area is 211 Å². The highest BCUT2D eigenvalue weighted by Crippen LogP contribution is 2.31. The summed E-state index contributed by atoms with van der Waals surface area (Å²) in [6, 6.07) is 6.92. The topological polar surface area (TPSA) is 111 Å². The molecule has 0 radical (unpaired) electrons. The van der Waals surface area contributed by atoms with Crippen molar-refractivity contribution in [2.45, 2.75) is 57.8 Å². The molecule has 0 unspecified atom stereocenters. The molecule has 0 bridgehead atoms. The maximum absolute atomic E-state index is 15.6. The third-order valence-corrected chi connectivity index (χ3v) is 6.48. The van der Waals surface area contributed by atoms with Crippen LogP contribution >= 0.6 is 0 Å². The number of carbonyl (C=O) groups is 2. The fraction of sp³-hybridized carbons (Fsp3) is 0.538. The van der Waals surface area contributed by atoms with E-state index in [2.05, 4.69) is 14.9 Å². The molecule has 1 aromatic carbocycles. The van der Waals surface area contributed by atoms with Crippen LogP contribution in [0.25, 0.3) is 0 Å². The molecule has 10 heteroatoms. The van der Waals surface area contributed by atoms with Gasteiger partial charge in [-0.15, -0.1) is 0 Å². The van der Waals surface area contributed by atoms with E-state index in [0.717, 1.165) is 5.56 Å². The van der Waals surface area contributed by atoms with E-state index in [-0.39, 0.29) is 24.9 Å². The molecule has 2 aliphatic rings. The number of para-hydroxylation sites is 1. The van der Waals surface area contributed by atoms with Crippen LogP contribution < -0.4 is 10.5 Å². The SMILES string of the molecule is CC.COC(=O)c1ccccc1OC1CCN(C(=O)C2(F)CCN(Cc3cnc(N)nc3)CC2)CC1. The third-order valence-electron chi connectivity index (χ3n) is 6.48. The molecule has 0 saturated carbocycles. The maximum atomic E-state index is 15.6. The number of esters is 1. The third kappa shape index (κ3) is 6.69. The number of aromatic nitrogens is 2. The van der Waals surface area contributed by atoms with Crippen molar-refractivity contribution in [1.82, 2.24) is 19.8 Å². The van der Waals surface area contributed by atoms with Gasteiger partial charge in [-0.1, -0.05) is 26.0 Å². The first kappa shape index (κ1) is 27.3. The molecule has 2 aromatic rings. The highest BCUT2D eigenvalue weighted by atomic mass is 19.1. The van der Waals surface area contributed by atoms with Crippen molar-refractivity contribution in [3.8, 4) is 5.75 Å². The van der Waals surface area contributed by atoms with Crippen LogP contribution in [0.5, 0.6) is 5.75 Å². The highest BCUT2D eigenvalue weighted by Gasteiger charge is 2.44. The lowest BCUT2D eigenvalue weighted by Gasteiger charge is -2.40. The molecule has 2 N–H and O–H groups in total. The summed E-state index contributed by atoms with van der Waals surface area (Å²) < 4.78 is 26.4. The quantitative estimate of drug-likeness (QED) is 0.601. The van der Waals surface area contributed by atoms with Gasteiger partial charge in [-0.2, -0.15) is 0 Å². The fourth-order valence-corrected chi connectivity index (χ4v) is 4.47. The number of likely N-dealkylation sites (tertiary alicyclic amines) is 2. The van der Waals surface area contributed by atoms with Gasteiger partial charge >= 0.3 is 5.97 Å². The summed E-state index contributed by atoms with van der Waals surface area (Å²) in [5, 5.41) is 0. The van der Waals surface area contributed by atoms with Crippen LogP contribution in [0.3, 0.4) is 0 Å². The zero-order chi connectivity index (χ0) is 26.1. The number of amides is 1. The number of methoxy groups -OCH3 is 1. The van der Waals surface area contributed by atoms with Gasteiger partial charge in [0.15, 0.2) is 5.67 Å². The van der Waals surface area contributed by atoms with E-state index in [1.807, 2.05) is 13.8 Å². The Hall–Kier alpha value is -3.27. The minimum atomic E-state index is -1.85. The van der Waals surface area contributed by atoms with E-state index < -0.39 is 17.5 Å². The molecular weight excluding hydrogens is 465 g/mol. The summed E-state index contributed by atoms with van der Waals surface area (Å²) in [6.07, 6.45) is 4.63. The van der Waals surface area contributed by atoms with Crippen molar-refractivity contribution in [2.75, 3.05) is 39.0 Å². The van der Waals surface area contributed by atoms with Crippen LogP contribution in [-0.4, -0.2) is 76.7 Å². The molecule has 1 amide bonds. The normalized spacial score (nSPS) is 18.1. The largest absolute Gasteiger partial charge is 0.489 e. The Kier molecular flexibility index (Phi) is 9.58. The number of nitrogens with two attached hydrogens (primary N) is 1. The first-order valence-corrected chi connectivity index (χ1v) is 12.5. The number of benzene rings is 1. The molecule has 196 valence electrons. The molecule has 4 rings (SSSR count). The lowest BCUT2D eigenvalue weighted by molar-refractivity contribution is -0.149. The fourth-order valence-electron chi connectivity index (χ4n) is 4.47. The van der Waals surface area contributed by atoms with Gasteiger partial charge in [0.05, 0.1) is 7.11 Å². The molecule has 2 saturated heterocycles. The summed E-state index contributed by atoms with van der Waals surface area (Å²) >= 11 is 0. The number of rotatable bonds is 6. The zero-order valence-corrected chi connectivity index (χ0v) is 21.3. The molecule has 0 atom stereocenters. The van der Waals surface area contributed by atoms with Crippen molar-refractivity contribution < 1.29 is 23.5 Å². The summed E-state index contributed by atoms with van der Waals surface area (Å²) in [5.41, 5.74) is 4.94. The minimum Gasteiger partial charge on any atom is -0.489 e. The number of nitrogen functional groups attached to an aromatic ring is 1. The maximum Gasteiger partial charge on any atom is 0.341 e. The molecule has 9 nitrogen and oxygen atoms in total. The molecule has 3 heterocycles. The number of anilines is 1. The highest BCUT2D eigenvalue weighted by molar-refractivity contribution is 5.92. The first-order valence-electron chi connectivity index (χ1n) is 12.5. The number of ether oxygens (including phenoxy) is 2. The Morgan fingerprint density at radius 2 is 1.69 bits per heavy atom. The number of carbonyl (C=O) groups excluding carboxylic acids is 2. The first-order chi connectivity index (χ1) is 17.4. The Bertz CT molecular complexity index is 1000. The van der Waals surface area contributed by atoms with Crippen molar-refractivity contribution in [1.29, 1.82) is 0 Å². The van der Waals surface area contributed by atoms with Gasteiger partial charge < -0.3 is 20.1 Å². The van der Waals surface area contributed by atoms with Crippen LogP contribution in [0, 0.1) is 0 Å². The van der Waals surface area contributed by atoms with Crippen molar-refractivity contribution >= 4 is 17.8 Å². The van der Waals surface area contributed by atoms with Gasteiger partial charge in [-0.3, -0.25) is 9.69 Å². The van der Waals surface area contributed by atoms with Crippen LogP contribution in [-0.2, 0) is 16.1 Å². The predicted molar refractivity (Wildman–Crippen MR) is 134 cm³/mol. The number of hydrogen-bond donors (Lipinski definition) is 1. The van der Waals surface area contributed by atoms with Crippen LogP contribution in [0.4, 0.5) is 10.3 Å². The van der Waals surface area contributed by atoms with E-state index in [4.69, 9.17) is 15.2 Å². The molecule has 2 fully saturated rings. The average molecular weight is 502 g/mol. The second kappa shape index (κ2) is 12.6. The molecule has 0 aliphatic carbocycles. The molecule has 36 heavy (non-hydrogen) atoms. The summed E-state index contributed by atoms with van der Waals surface area (Å²) in [7, 11) is 1.33. The second-order valence-electron chi connectivity index (χ2n) is 8.79. The Morgan fingerprint density at radius 1 is 1.08 bits per heavy atom. The zero-order valence-electron chi connectivity index (χ0n) is 21.3. The van der Waals surface area contributed by atoms with Crippen molar-refractivity contribution in [2.24, 2.45) is 0 Å². The van der Waals surface area contributed by atoms with E-state index in [9.17, 15) is 9.59 Å². The number of halogens is 1. The molecule has 0 spiro atoms. The Morgan fingerprint density at radius 3 is 2.31 bits per heavy atom. The number of alkyl halides is 1. The van der Waals surface area contributed by atoms with Gasteiger partial charge in [-0.25, -0.2) is 19.2 Å². The smallest absolute Gasteiger partial charge is 0.341 e. The molecule has 1 aromatic heterocycles. The van der Waals surface area contributed by atoms with Gasteiger partial charge in [0, 0.05) is 76.4 Å². The van der Waals surface area contributed by atoms with Gasteiger partial charge in [0.25, 0.3) is 5.91 Å². The van der Waals surface area contributed by atoms with E-state index in [0.29, 0.717) is 56.9 Å². The van der Waals surface area contributed by atoms with Gasteiger partial charge in [-0.05, 0) is 12.1 Å². The standard InChI is InChI=1S/C24H30FN5O4.C2H6/c1-33-21(31)19-4-2-3-5-20(19)34-18-6-10-30(11-7-18)22(32)24(25)8-12-29(13-9-24)16-17-14-27-23(26)28-15-17;1-2/h2-5,14-15,18H,6-13,16H2,1H3,(H2,26,27,28);1-2H3. The monoisotopic (exact) mass is 501 g/mol.